The SMILES string of the molecule is COc1ccc(C(C)NCC2CCC(C)O2)c(OC)c1. The van der Waals surface area contributed by atoms with Gasteiger partial charge in [0.1, 0.15) is 11.5 Å². The molecule has 1 aliphatic heterocycles. The average Bonchev–Trinajstić information content (AvgIpc) is 2.89. The van der Waals surface area contributed by atoms with E-state index >= 15 is 0 Å². The van der Waals surface area contributed by atoms with Crippen LogP contribution in [0.4, 0.5) is 0 Å². The number of rotatable bonds is 6. The van der Waals surface area contributed by atoms with E-state index in [9.17, 15) is 0 Å². The van der Waals surface area contributed by atoms with Crippen LogP contribution >= 0.6 is 0 Å². The Morgan fingerprint density at radius 2 is 2.10 bits per heavy atom. The number of hydrogen-bond donors (Lipinski definition) is 1. The zero-order valence-electron chi connectivity index (χ0n) is 12.8. The van der Waals surface area contributed by atoms with Crippen molar-refractivity contribution >= 4 is 0 Å². The lowest BCUT2D eigenvalue weighted by atomic mass is 10.1. The quantitative estimate of drug-likeness (QED) is 0.869. The summed E-state index contributed by atoms with van der Waals surface area (Å²) < 4.78 is 16.5. The molecule has 2 rings (SSSR count). The molecule has 1 aromatic carbocycles. The van der Waals surface area contributed by atoms with Crippen LogP contribution in [-0.4, -0.2) is 33.0 Å². The molecule has 20 heavy (non-hydrogen) atoms. The van der Waals surface area contributed by atoms with E-state index in [1.54, 1.807) is 14.2 Å². The maximum absolute atomic E-state index is 5.83. The van der Waals surface area contributed by atoms with E-state index in [1.165, 1.54) is 0 Å². The van der Waals surface area contributed by atoms with Crippen molar-refractivity contribution in [3.63, 3.8) is 0 Å². The van der Waals surface area contributed by atoms with Crippen LogP contribution in [0.15, 0.2) is 18.2 Å². The van der Waals surface area contributed by atoms with Gasteiger partial charge in [0, 0.05) is 24.2 Å². The first-order chi connectivity index (χ1) is 9.63. The van der Waals surface area contributed by atoms with Gasteiger partial charge < -0.3 is 19.5 Å². The maximum atomic E-state index is 5.83. The third kappa shape index (κ3) is 3.64. The van der Waals surface area contributed by atoms with Crippen LogP contribution < -0.4 is 14.8 Å². The molecule has 0 radical (unpaired) electrons. The van der Waals surface area contributed by atoms with Crippen LogP contribution in [0.1, 0.15) is 38.3 Å². The molecule has 4 nitrogen and oxygen atoms in total. The molecule has 1 heterocycles. The van der Waals surface area contributed by atoms with E-state index in [2.05, 4.69) is 19.2 Å². The van der Waals surface area contributed by atoms with E-state index in [-0.39, 0.29) is 6.04 Å². The van der Waals surface area contributed by atoms with Crippen LogP contribution in [0.2, 0.25) is 0 Å². The molecule has 1 aromatic rings. The summed E-state index contributed by atoms with van der Waals surface area (Å²) in [4.78, 5) is 0. The molecule has 0 saturated carbocycles. The zero-order valence-corrected chi connectivity index (χ0v) is 12.8. The average molecular weight is 279 g/mol. The van der Waals surface area contributed by atoms with Crippen LogP contribution in [0, 0.1) is 0 Å². The Morgan fingerprint density at radius 1 is 1.30 bits per heavy atom. The highest BCUT2D eigenvalue weighted by Crippen LogP contribution is 2.29. The van der Waals surface area contributed by atoms with E-state index in [0.717, 1.165) is 36.4 Å². The van der Waals surface area contributed by atoms with Gasteiger partial charge in [0.2, 0.25) is 0 Å². The molecule has 0 spiro atoms. The Morgan fingerprint density at radius 3 is 2.70 bits per heavy atom. The van der Waals surface area contributed by atoms with Gasteiger partial charge in [0.25, 0.3) is 0 Å². The Labute approximate surface area is 121 Å². The van der Waals surface area contributed by atoms with Gasteiger partial charge in [0.15, 0.2) is 0 Å². The number of hydrogen-bond acceptors (Lipinski definition) is 4. The van der Waals surface area contributed by atoms with Gasteiger partial charge >= 0.3 is 0 Å². The maximum Gasteiger partial charge on any atom is 0.127 e. The van der Waals surface area contributed by atoms with Crippen molar-refractivity contribution in [2.75, 3.05) is 20.8 Å². The minimum Gasteiger partial charge on any atom is -0.497 e. The molecule has 1 fully saturated rings. The van der Waals surface area contributed by atoms with Crippen LogP contribution in [0.5, 0.6) is 11.5 Å². The molecule has 0 aliphatic carbocycles. The fourth-order valence-corrected chi connectivity index (χ4v) is 2.63. The molecule has 112 valence electrons. The summed E-state index contributed by atoms with van der Waals surface area (Å²) in [6.07, 6.45) is 3.03. The molecule has 3 unspecified atom stereocenters. The predicted octanol–water partition coefficient (Wildman–Crippen LogP) is 2.92. The van der Waals surface area contributed by atoms with Crippen molar-refractivity contribution < 1.29 is 14.2 Å². The van der Waals surface area contributed by atoms with Crippen molar-refractivity contribution in [1.29, 1.82) is 0 Å². The minimum atomic E-state index is 0.218. The fourth-order valence-electron chi connectivity index (χ4n) is 2.63. The van der Waals surface area contributed by atoms with Crippen molar-refractivity contribution in [3.8, 4) is 11.5 Å². The highest BCUT2D eigenvalue weighted by molar-refractivity contribution is 5.42. The summed E-state index contributed by atoms with van der Waals surface area (Å²) in [5.74, 6) is 1.66. The smallest absolute Gasteiger partial charge is 0.127 e. The second-order valence-corrected chi connectivity index (χ2v) is 5.38. The normalized spacial score (nSPS) is 23.6. The van der Waals surface area contributed by atoms with Crippen LogP contribution in [0.3, 0.4) is 0 Å². The molecular formula is C16H25NO3. The van der Waals surface area contributed by atoms with Crippen molar-refractivity contribution in [3.05, 3.63) is 23.8 Å². The van der Waals surface area contributed by atoms with Crippen molar-refractivity contribution in [2.24, 2.45) is 0 Å². The molecule has 0 bridgehead atoms. The Kier molecular flexibility index (Phi) is 5.26. The first-order valence-electron chi connectivity index (χ1n) is 7.24. The Bertz CT molecular complexity index is 436. The first-order valence-corrected chi connectivity index (χ1v) is 7.24. The number of benzene rings is 1. The summed E-state index contributed by atoms with van der Waals surface area (Å²) in [7, 11) is 3.35. The molecule has 1 saturated heterocycles. The molecule has 1 N–H and O–H groups in total. The monoisotopic (exact) mass is 279 g/mol. The lowest BCUT2D eigenvalue weighted by molar-refractivity contribution is 0.0546. The van der Waals surface area contributed by atoms with E-state index in [0.29, 0.717) is 12.2 Å². The summed E-state index contributed by atoms with van der Waals surface area (Å²) >= 11 is 0. The molecule has 0 amide bonds. The molecule has 3 atom stereocenters. The van der Waals surface area contributed by atoms with E-state index < -0.39 is 0 Å². The topological polar surface area (TPSA) is 39.7 Å². The molecular weight excluding hydrogens is 254 g/mol. The second-order valence-electron chi connectivity index (χ2n) is 5.38. The highest BCUT2D eigenvalue weighted by Gasteiger charge is 2.22. The summed E-state index contributed by atoms with van der Waals surface area (Å²) in [6, 6.07) is 6.15. The van der Waals surface area contributed by atoms with E-state index in [1.807, 2.05) is 18.2 Å². The van der Waals surface area contributed by atoms with Crippen molar-refractivity contribution in [2.45, 2.75) is 44.9 Å². The zero-order chi connectivity index (χ0) is 14.5. The molecule has 4 heteroatoms. The number of ether oxygens (including phenoxy) is 3. The highest BCUT2D eigenvalue weighted by atomic mass is 16.5. The molecule has 1 aliphatic rings. The number of methoxy groups -OCH3 is 2. The van der Waals surface area contributed by atoms with Gasteiger partial charge in [-0.3, -0.25) is 0 Å². The van der Waals surface area contributed by atoms with Crippen LogP contribution in [-0.2, 0) is 4.74 Å². The van der Waals surface area contributed by atoms with Gasteiger partial charge in [0.05, 0.1) is 26.4 Å². The summed E-state index contributed by atoms with van der Waals surface area (Å²) in [5.41, 5.74) is 1.14. The third-order valence-corrected chi connectivity index (χ3v) is 3.88. The van der Waals surface area contributed by atoms with E-state index in [4.69, 9.17) is 14.2 Å². The standard InChI is InChI=1S/C16H25NO3/c1-11-5-6-14(20-11)10-17-12(2)15-8-7-13(18-3)9-16(15)19-4/h7-9,11-12,14,17H,5-6,10H2,1-4H3. The Hall–Kier alpha value is -1.26. The lowest BCUT2D eigenvalue weighted by Gasteiger charge is -2.20. The summed E-state index contributed by atoms with van der Waals surface area (Å²) in [6.45, 7) is 5.15. The molecule has 0 aromatic heterocycles. The van der Waals surface area contributed by atoms with Gasteiger partial charge in [-0.15, -0.1) is 0 Å². The van der Waals surface area contributed by atoms with Crippen molar-refractivity contribution in [1.82, 2.24) is 5.32 Å². The van der Waals surface area contributed by atoms with Crippen LogP contribution in [0.25, 0.3) is 0 Å². The fraction of sp³-hybridized carbons (Fsp3) is 0.625. The van der Waals surface area contributed by atoms with Gasteiger partial charge in [-0.25, -0.2) is 0 Å². The third-order valence-electron chi connectivity index (χ3n) is 3.88. The first kappa shape index (κ1) is 15.1. The lowest BCUT2D eigenvalue weighted by Crippen LogP contribution is -2.29. The second kappa shape index (κ2) is 6.95. The van der Waals surface area contributed by atoms with Gasteiger partial charge in [-0.05, 0) is 32.8 Å². The predicted molar refractivity (Wildman–Crippen MR) is 79.5 cm³/mol. The van der Waals surface area contributed by atoms with Gasteiger partial charge in [-0.1, -0.05) is 6.07 Å². The largest absolute Gasteiger partial charge is 0.497 e. The minimum absolute atomic E-state index is 0.218. The Balaban J connectivity index is 1.96. The number of nitrogens with one attached hydrogen (secondary N) is 1. The summed E-state index contributed by atoms with van der Waals surface area (Å²) in [5, 5.41) is 3.53. The van der Waals surface area contributed by atoms with Gasteiger partial charge in [-0.2, -0.15) is 0 Å².